The van der Waals surface area contributed by atoms with Gasteiger partial charge in [0, 0.05) is 37.6 Å². The van der Waals surface area contributed by atoms with Crippen molar-refractivity contribution in [2.24, 2.45) is 5.92 Å². The highest BCUT2D eigenvalue weighted by Crippen LogP contribution is 2.30. The topological polar surface area (TPSA) is 32.3 Å². The SMILES string of the molecule is Cc1cc2c(N3CCN(CC(C)C)CC3)ncnc2s1. The van der Waals surface area contributed by atoms with Crippen LogP contribution in [0.15, 0.2) is 12.4 Å². The number of hydrogen-bond donors (Lipinski definition) is 0. The second-order valence-electron chi connectivity index (χ2n) is 5.95. The normalized spacial score (nSPS) is 17.3. The van der Waals surface area contributed by atoms with Crippen LogP contribution in [0.5, 0.6) is 0 Å². The molecule has 20 heavy (non-hydrogen) atoms. The third-order valence-corrected chi connectivity index (χ3v) is 4.69. The third kappa shape index (κ3) is 2.79. The van der Waals surface area contributed by atoms with Crippen LogP contribution >= 0.6 is 11.3 Å². The summed E-state index contributed by atoms with van der Waals surface area (Å²) in [5, 5.41) is 1.22. The summed E-state index contributed by atoms with van der Waals surface area (Å²) in [4.78, 5) is 16.3. The molecule has 0 bridgehead atoms. The van der Waals surface area contributed by atoms with Gasteiger partial charge < -0.3 is 4.90 Å². The van der Waals surface area contributed by atoms with Gasteiger partial charge in [0.15, 0.2) is 0 Å². The number of rotatable bonds is 3. The van der Waals surface area contributed by atoms with Crippen molar-refractivity contribution in [2.75, 3.05) is 37.6 Å². The molecule has 5 heteroatoms. The molecule has 4 nitrogen and oxygen atoms in total. The molecule has 1 fully saturated rings. The van der Waals surface area contributed by atoms with Gasteiger partial charge >= 0.3 is 0 Å². The second kappa shape index (κ2) is 5.66. The van der Waals surface area contributed by atoms with Crippen LogP contribution in [-0.2, 0) is 0 Å². The van der Waals surface area contributed by atoms with E-state index in [4.69, 9.17) is 0 Å². The number of nitrogens with zero attached hydrogens (tertiary/aromatic N) is 4. The average Bonchev–Trinajstić information content (AvgIpc) is 2.79. The zero-order valence-electron chi connectivity index (χ0n) is 12.5. The number of thiophene rings is 1. The Morgan fingerprint density at radius 3 is 2.65 bits per heavy atom. The largest absolute Gasteiger partial charge is 0.353 e. The molecule has 1 aliphatic rings. The van der Waals surface area contributed by atoms with Crippen LogP contribution in [-0.4, -0.2) is 47.6 Å². The van der Waals surface area contributed by atoms with Gasteiger partial charge in [-0.2, -0.15) is 0 Å². The van der Waals surface area contributed by atoms with Crippen LogP contribution in [0, 0.1) is 12.8 Å². The van der Waals surface area contributed by atoms with Crippen LogP contribution in [0.2, 0.25) is 0 Å². The van der Waals surface area contributed by atoms with Crippen LogP contribution in [0.3, 0.4) is 0 Å². The van der Waals surface area contributed by atoms with Crippen molar-refractivity contribution in [2.45, 2.75) is 20.8 Å². The monoisotopic (exact) mass is 290 g/mol. The molecule has 2 aromatic heterocycles. The zero-order chi connectivity index (χ0) is 14.1. The van der Waals surface area contributed by atoms with E-state index in [2.05, 4.69) is 46.6 Å². The Hall–Kier alpha value is -1.20. The minimum atomic E-state index is 0.742. The average molecular weight is 290 g/mol. The van der Waals surface area contributed by atoms with E-state index in [1.807, 2.05) is 0 Å². The predicted molar refractivity (Wildman–Crippen MR) is 85.6 cm³/mol. The Morgan fingerprint density at radius 2 is 1.95 bits per heavy atom. The van der Waals surface area contributed by atoms with Crippen LogP contribution < -0.4 is 4.90 Å². The van der Waals surface area contributed by atoms with E-state index in [1.165, 1.54) is 16.8 Å². The minimum absolute atomic E-state index is 0.742. The molecule has 1 aliphatic heterocycles. The first-order valence-corrected chi connectivity index (χ1v) is 8.13. The van der Waals surface area contributed by atoms with E-state index in [0.29, 0.717) is 0 Å². The van der Waals surface area contributed by atoms with Crippen molar-refractivity contribution in [1.82, 2.24) is 14.9 Å². The molecule has 0 aliphatic carbocycles. The molecule has 0 spiro atoms. The molecule has 1 saturated heterocycles. The quantitative estimate of drug-likeness (QED) is 0.870. The number of aryl methyl sites for hydroxylation is 1. The highest BCUT2D eigenvalue weighted by Gasteiger charge is 2.20. The molecular weight excluding hydrogens is 268 g/mol. The Labute approximate surface area is 124 Å². The minimum Gasteiger partial charge on any atom is -0.353 e. The lowest BCUT2D eigenvalue weighted by atomic mass is 10.2. The lowest BCUT2D eigenvalue weighted by Crippen LogP contribution is -2.47. The molecule has 0 unspecified atom stereocenters. The van der Waals surface area contributed by atoms with Gasteiger partial charge in [0.2, 0.25) is 0 Å². The predicted octanol–water partition coefficient (Wildman–Crippen LogP) is 2.78. The molecule has 0 atom stereocenters. The van der Waals surface area contributed by atoms with Crippen LogP contribution in [0.4, 0.5) is 5.82 Å². The van der Waals surface area contributed by atoms with Crippen molar-refractivity contribution in [3.05, 3.63) is 17.3 Å². The standard InChI is InChI=1S/C15H22N4S/c1-11(2)9-18-4-6-19(7-5-18)14-13-8-12(3)20-15(13)17-10-16-14/h8,10-11H,4-7,9H2,1-3H3. The Balaban J connectivity index is 1.76. The molecule has 3 rings (SSSR count). The molecule has 108 valence electrons. The van der Waals surface area contributed by atoms with Crippen LogP contribution in [0.1, 0.15) is 18.7 Å². The maximum atomic E-state index is 4.53. The van der Waals surface area contributed by atoms with Gasteiger partial charge in [0.25, 0.3) is 0 Å². The van der Waals surface area contributed by atoms with Crippen molar-refractivity contribution in [3.63, 3.8) is 0 Å². The van der Waals surface area contributed by atoms with Crippen molar-refractivity contribution in [1.29, 1.82) is 0 Å². The smallest absolute Gasteiger partial charge is 0.140 e. The van der Waals surface area contributed by atoms with Gasteiger partial charge in [-0.05, 0) is 18.9 Å². The van der Waals surface area contributed by atoms with Gasteiger partial charge in [0.1, 0.15) is 17.0 Å². The van der Waals surface area contributed by atoms with E-state index in [-0.39, 0.29) is 0 Å². The highest BCUT2D eigenvalue weighted by molar-refractivity contribution is 7.18. The van der Waals surface area contributed by atoms with Crippen molar-refractivity contribution < 1.29 is 0 Å². The molecule has 3 heterocycles. The second-order valence-corrected chi connectivity index (χ2v) is 7.19. The molecule has 2 aromatic rings. The number of aromatic nitrogens is 2. The Bertz CT molecular complexity index is 585. The molecule has 0 aromatic carbocycles. The lowest BCUT2D eigenvalue weighted by Gasteiger charge is -2.36. The number of piperazine rings is 1. The maximum absolute atomic E-state index is 4.53. The van der Waals surface area contributed by atoms with Crippen LogP contribution in [0.25, 0.3) is 10.2 Å². The third-order valence-electron chi connectivity index (χ3n) is 3.73. The highest BCUT2D eigenvalue weighted by atomic mass is 32.1. The van der Waals surface area contributed by atoms with Crippen molar-refractivity contribution >= 4 is 27.4 Å². The van der Waals surface area contributed by atoms with E-state index in [9.17, 15) is 0 Å². The van der Waals surface area contributed by atoms with E-state index < -0.39 is 0 Å². The molecule has 0 radical (unpaired) electrons. The van der Waals surface area contributed by atoms with Gasteiger partial charge in [-0.25, -0.2) is 9.97 Å². The van der Waals surface area contributed by atoms with Gasteiger partial charge in [-0.1, -0.05) is 13.8 Å². The number of hydrogen-bond acceptors (Lipinski definition) is 5. The number of fused-ring (bicyclic) bond motifs is 1. The fraction of sp³-hybridized carbons (Fsp3) is 0.600. The first-order valence-electron chi connectivity index (χ1n) is 7.32. The summed E-state index contributed by atoms with van der Waals surface area (Å²) >= 11 is 1.75. The molecule has 0 saturated carbocycles. The van der Waals surface area contributed by atoms with Crippen molar-refractivity contribution in [3.8, 4) is 0 Å². The van der Waals surface area contributed by atoms with E-state index in [0.717, 1.165) is 42.7 Å². The number of anilines is 1. The summed E-state index contributed by atoms with van der Waals surface area (Å²) in [7, 11) is 0. The molecule has 0 amide bonds. The fourth-order valence-corrected chi connectivity index (χ4v) is 3.72. The zero-order valence-corrected chi connectivity index (χ0v) is 13.3. The summed E-state index contributed by atoms with van der Waals surface area (Å²) in [6.07, 6.45) is 1.70. The summed E-state index contributed by atoms with van der Waals surface area (Å²) < 4.78 is 0. The Kier molecular flexibility index (Phi) is 3.89. The first-order chi connectivity index (χ1) is 9.63. The lowest BCUT2D eigenvalue weighted by molar-refractivity contribution is 0.231. The van der Waals surface area contributed by atoms with Gasteiger partial charge in [-0.15, -0.1) is 11.3 Å². The summed E-state index contributed by atoms with van der Waals surface area (Å²) in [6.45, 7) is 12.3. The Morgan fingerprint density at radius 1 is 1.20 bits per heavy atom. The molecular formula is C15H22N4S. The molecule has 0 N–H and O–H groups in total. The van der Waals surface area contributed by atoms with Gasteiger partial charge in [0.05, 0.1) is 5.39 Å². The van der Waals surface area contributed by atoms with Gasteiger partial charge in [-0.3, -0.25) is 4.90 Å². The summed E-state index contributed by atoms with van der Waals surface area (Å²) in [5.74, 6) is 1.86. The van der Waals surface area contributed by atoms with E-state index >= 15 is 0 Å². The maximum Gasteiger partial charge on any atom is 0.140 e. The summed E-state index contributed by atoms with van der Waals surface area (Å²) in [6, 6.07) is 2.22. The summed E-state index contributed by atoms with van der Waals surface area (Å²) in [5.41, 5.74) is 0. The van der Waals surface area contributed by atoms with E-state index in [1.54, 1.807) is 17.7 Å². The first kappa shape index (κ1) is 13.8. The fourth-order valence-electron chi connectivity index (χ4n) is 2.87.